The average Bonchev–Trinajstić information content (AvgIpc) is 2.24. The van der Waals surface area contributed by atoms with Crippen LogP contribution in [0.3, 0.4) is 0 Å². The number of rotatable bonds is 5. The van der Waals surface area contributed by atoms with Crippen LogP contribution in [0.25, 0.3) is 0 Å². The third kappa shape index (κ3) is 5.11. The van der Waals surface area contributed by atoms with Crippen LogP contribution >= 0.6 is 0 Å². The van der Waals surface area contributed by atoms with Crippen molar-refractivity contribution in [2.24, 2.45) is 0 Å². The minimum atomic E-state index is -4.63. The fraction of sp³-hybridized carbons (Fsp3) is 0.462. The van der Waals surface area contributed by atoms with Crippen molar-refractivity contribution in [2.45, 2.75) is 38.5 Å². The Morgan fingerprint density at radius 1 is 1.24 bits per heavy atom. The van der Waals surface area contributed by atoms with Crippen LogP contribution in [0.1, 0.15) is 37.7 Å². The van der Waals surface area contributed by atoms with Gasteiger partial charge >= 0.3 is 6.36 Å². The molecule has 1 atom stereocenters. The van der Waals surface area contributed by atoms with Crippen molar-refractivity contribution in [3.63, 3.8) is 0 Å². The van der Waals surface area contributed by atoms with Crippen molar-refractivity contribution in [1.29, 1.82) is 0 Å². The molecule has 0 bridgehead atoms. The van der Waals surface area contributed by atoms with E-state index in [4.69, 9.17) is 0 Å². The lowest BCUT2D eigenvalue weighted by molar-refractivity contribution is -0.274. The summed E-state index contributed by atoms with van der Waals surface area (Å²) in [4.78, 5) is 0. The smallest absolute Gasteiger partial charge is 0.406 e. The summed E-state index contributed by atoms with van der Waals surface area (Å²) in [5, 5.41) is 0. The molecule has 1 aromatic rings. The zero-order valence-corrected chi connectivity index (χ0v) is 9.76. The Morgan fingerprint density at radius 2 is 1.82 bits per heavy atom. The van der Waals surface area contributed by atoms with Gasteiger partial charge in [0.05, 0.1) is 0 Å². The normalized spacial score (nSPS) is 13.5. The highest BCUT2D eigenvalue weighted by Crippen LogP contribution is 2.26. The fourth-order valence-electron chi connectivity index (χ4n) is 1.56. The van der Waals surface area contributed by atoms with Gasteiger partial charge in [-0.3, -0.25) is 0 Å². The zero-order valence-electron chi connectivity index (χ0n) is 9.76. The molecule has 0 saturated heterocycles. The Labute approximate surface area is 99.6 Å². The lowest BCUT2D eigenvalue weighted by atomic mass is 9.96. The van der Waals surface area contributed by atoms with Crippen molar-refractivity contribution in [3.8, 4) is 5.75 Å². The molecule has 1 aromatic carbocycles. The first kappa shape index (κ1) is 13.9. The van der Waals surface area contributed by atoms with Crippen LogP contribution in [-0.4, -0.2) is 6.36 Å². The molecule has 1 nitrogen and oxygen atoms in total. The molecule has 0 N–H and O–H groups in total. The van der Waals surface area contributed by atoms with E-state index < -0.39 is 6.36 Å². The number of unbranched alkanes of at least 4 members (excludes halogenated alkanes) is 1. The summed E-state index contributed by atoms with van der Waals surface area (Å²) in [7, 11) is 0. The molecule has 95 valence electrons. The van der Waals surface area contributed by atoms with E-state index in [1.54, 1.807) is 12.1 Å². The Bertz CT molecular complexity index is 330. The standard InChI is InChI=1S/C13H16F3O/c1-3-4-5-10(2)11-6-8-12(9-7-11)17-13(14,15)16/h6-10H,2-5H2,1H3. The molecule has 0 aromatic heterocycles. The number of hydrogen-bond acceptors (Lipinski definition) is 1. The summed E-state index contributed by atoms with van der Waals surface area (Å²) >= 11 is 0. The van der Waals surface area contributed by atoms with Crippen molar-refractivity contribution in [2.75, 3.05) is 0 Å². The summed E-state index contributed by atoms with van der Waals surface area (Å²) in [6.07, 6.45) is -1.54. The van der Waals surface area contributed by atoms with E-state index in [9.17, 15) is 13.2 Å². The Kier molecular flexibility index (Phi) is 4.85. The van der Waals surface area contributed by atoms with Gasteiger partial charge in [-0.25, -0.2) is 0 Å². The minimum absolute atomic E-state index is 0.120. The van der Waals surface area contributed by atoms with Gasteiger partial charge in [-0.05, 0) is 37.0 Å². The number of ether oxygens (including phenoxy) is 1. The first-order valence-corrected chi connectivity index (χ1v) is 5.61. The molecular weight excluding hydrogens is 229 g/mol. The van der Waals surface area contributed by atoms with E-state index in [0.717, 1.165) is 24.8 Å². The van der Waals surface area contributed by atoms with Gasteiger partial charge in [0.15, 0.2) is 0 Å². The van der Waals surface area contributed by atoms with Crippen molar-refractivity contribution in [1.82, 2.24) is 0 Å². The highest BCUT2D eigenvalue weighted by Gasteiger charge is 2.30. The maximum Gasteiger partial charge on any atom is 0.573 e. The predicted molar refractivity (Wildman–Crippen MR) is 60.7 cm³/mol. The molecule has 0 amide bonds. The molecule has 4 heteroatoms. The highest BCUT2D eigenvalue weighted by molar-refractivity contribution is 5.30. The minimum Gasteiger partial charge on any atom is -0.406 e. The highest BCUT2D eigenvalue weighted by atomic mass is 19.4. The first-order chi connectivity index (χ1) is 7.92. The van der Waals surface area contributed by atoms with E-state index in [1.807, 2.05) is 0 Å². The number of alkyl halides is 3. The summed E-state index contributed by atoms with van der Waals surface area (Å²) < 4.78 is 39.6. The molecule has 1 rings (SSSR count). The maximum absolute atomic E-state index is 11.9. The Balaban J connectivity index is 2.61. The monoisotopic (exact) mass is 245 g/mol. The molecule has 0 fully saturated rings. The second-order valence-electron chi connectivity index (χ2n) is 3.96. The largest absolute Gasteiger partial charge is 0.573 e. The Hall–Kier alpha value is -1.19. The molecule has 17 heavy (non-hydrogen) atoms. The summed E-state index contributed by atoms with van der Waals surface area (Å²) in [5.74, 6) is -0.0705. The zero-order chi connectivity index (χ0) is 12.9. The number of benzene rings is 1. The molecule has 0 aliphatic rings. The van der Waals surface area contributed by atoms with Crippen LogP contribution in [0.15, 0.2) is 24.3 Å². The first-order valence-electron chi connectivity index (χ1n) is 5.61. The van der Waals surface area contributed by atoms with Crippen LogP contribution in [-0.2, 0) is 0 Å². The van der Waals surface area contributed by atoms with Gasteiger partial charge in [-0.15, -0.1) is 13.2 Å². The third-order valence-electron chi connectivity index (χ3n) is 2.49. The second kappa shape index (κ2) is 5.94. The fourth-order valence-corrected chi connectivity index (χ4v) is 1.56. The van der Waals surface area contributed by atoms with Gasteiger partial charge < -0.3 is 4.74 Å². The SMILES string of the molecule is [CH2]C(CCCC)c1ccc(OC(F)(F)F)cc1. The molecule has 0 aliphatic heterocycles. The molecular formula is C13H16F3O. The predicted octanol–water partition coefficient (Wildman–Crippen LogP) is 4.69. The Morgan fingerprint density at radius 3 is 2.29 bits per heavy atom. The van der Waals surface area contributed by atoms with Gasteiger partial charge in [-0.2, -0.15) is 0 Å². The maximum atomic E-state index is 11.9. The van der Waals surface area contributed by atoms with Gasteiger partial charge in [0.2, 0.25) is 0 Å². The quantitative estimate of drug-likeness (QED) is 0.731. The molecule has 0 heterocycles. The third-order valence-corrected chi connectivity index (χ3v) is 2.49. The molecule has 0 saturated carbocycles. The lowest BCUT2D eigenvalue weighted by Gasteiger charge is -2.13. The van der Waals surface area contributed by atoms with Gasteiger partial charge in [0.1, 0.15) is 5.75 Å². The molecule has 0 spiro atoms. The average molecular weight is 245 g/mol. The van der Waals surface area contributed by atoms with Gasteiger partial charge in [0.25, 0.3) is 0 Å². The van der Waals surface area contributed by atoms with Crippen molar-refractivity contribution < 1.29 is 17.9 Å². The van der Waals surface area contributed by atoms with Crippen LogP contribution in [0, 0.1) is 6.92 Å². The molecule has 1 unspecified atom stereocenters. The summed E-state index contributed by atoms with van der Waals surface area (Å²) in [5.41, 5.74) is 0.938. The topological polar surface area (TPSA) is 9.23 Å². The second-order valence-corrected chi connectivity index (χ2v) is 3.96. The van der Waals surface area contributed by atoms with E-state index in [2.05, 4.69) is 18.6 Å². The van der Waals surface area contributed by atoms with Crippen LogP contribution < -0.4 is 4.74 Å². The van der Waals surface area contributed by atoms with Crippen molar-refractivity contribution in [3.05, 3.63) is 36.8 Å². The molecule has 1 radical (unpaired) electrons. The van der Waals surface area contributed by atoms with E-state index >= 15 is 0 Å². The van der Waals surface area contributed by atoms with Crippen LogP contribution in [0.4, 0.5) is 13.2 Å². The van der Waals surface area contributed by atoms with Gasteiger partial charge in [0, 0.05) is 0 Å². The van der Waals surface area contributed by atoms with Crippen LogP contribution in [0.2, 0.25) is 0 Å². The van der Waals surface area contributed by atoms with E-state index in [0.29, 0.717) is 0 Å². The molecule has 0 aliphatic carbocycles. The van der Waals surface area contributed by atoms with E-state index in [-0.39, 0.29) is 11.7 Å². The summed E-state index contributed by atoms with van der Waals surface area (Å²) in [6, 6.07) is 5.92. The van der Waals surface area contributed by atoms with Crippen LogP contribution in [0.5, 0.6) is 5.75 Å². The summed E-state index contributed by atoms with van der Waals surface area (Å²) in [6.45, 7) is 6.08. The number of halogens is 3. The number of hydrogen-bond donors (Lipinski definition) is 0. The van der Waals surface area contributed by atoms with E-state index in [1.165, 1.54) is 12.1 Å². The van der Waals surface area contributed by atoms with Gasteiger partial charge in [-0.1, -0.05) is 31.9 Å². The lowest BCUT2D eigenvalue weighted by Crippen LogP contribution is -2.17. The van der Waals surface area contributed by atoms with Crippen molar-refractivity contribution >= 4 is 0 Å².